The van der Waals surface area contributed by atoms with Gasteiger partial charge in [0.2, 0.25) is 0 Å². The first kappa shape index (κ1) is 12.4. The van der Waals surface area contributed by atoms with Gasteiger partial charge in [0.25, 0.3) is 5.91 Å². The quantitative estimate of drug-likeness (QED) is 0.889. The third kappa shape index (κ3) is 2.56. The summed E-state index contributed by atoms with van der Waals surface area (Å²) in [6.07, 6.45) is 2.12. The van der Waals surface area contributed by atoms with Crippen molar-refractivity contribution in [3.63, 3.8) is 0 Å². The molecule has 1 aliphatic heterocycles. The van der Waals surface area contributed by atoms with Crippen molar-refractivity contribution in [3.05, 3.63) is 30.1 Å². The minimum atomic E-state index is -0.661. The molecule has 4 nitrogen and oxygen atoms in total. The topological polar surface area (TPSA) is 49.8 Å². The molecule has 0 unspecified atom stereocenters. The SMILES string of the molecule is O=C(COc1ccc(F)cc1)N1CC(O)(C2CC2)C1. The van der Waals surface area contributed by atoms with Gasteiger partial charge >= 0.3 is 0 Å². The van der Waals surface area contributed by atoms with Crippen LogP contribution in [-0.4, -0.2) is 41.2 Å². The van der Waals surface area contributed by atoms with E-state index < -0.39 is 5.60 Å². The zero-order valence-electron chi connectivity index (χ0n) is 10.5. The van der Waals surface area contributed by atoms with Crippen LogP contribution in [-0.2, 0) is 4.79 Å². The van der Waals surface area contributed by atoms with Gasteiger partial charge in [-0.2, -0.15) is 0 Å². The van der Waals surface area contributed by atoms with E-state index in [1.807, 2.05) is 0 Å². The molecule has 1 aliphatic carbocycles. The van der Waals surface area contributed by atoms with Crippen molar-refractivity contribution >= 4 is 5.91 Å². The number of hydrogen-bond acceptors (Lipinski definition) is 3. The molecule has 3 rings (SSSR count). The highest BCUT2D eigenvalue weighted by molar-refractivity contribution is 5.79. The van der Waals surface area contributed by atoms with Gasteiger partial charge in [-0.3, -0.25) is 4.79 Å². The molecule has 1 heterocycles. The van der Waals surface area contributed by atoms with E-state index in [0.29, 0.717) is 24.8 Å². The fourth-order valence-electron chi connectivity index (χ4n) is 2.44. The Morgan fingerprint density at radius 1 is 1.37 bits per heavy atom. The third-order valence-corrected chi connectivity index (χ3v) is 3.80. The number of β-amino-alcohol motifs (C(OH)–C–C–N with tert-alkyl or cyclic N) is 1. The van der Waals surface area contributed by atoms with E-state index in [1.54, 1.807) is 4.90 Å². The van der Waals surface area contributed by atoms with E-state index in [4.69, 9.17) is 4.74 Å². The molecule has 2 aliphatic rings. The Labute approximate surface area is 110 Å². The van der Waals surface area contributed by atoms with Crippen LogP contribution in [0.5, 0.6) is 5.75 Å². The summed E-state index contributed by atoms with van der Waals surface area (Å²) < 4.78 is 18.0. The first-order chi connectivity index (χ1) is 9.07. The molecule has 0 radical (unpaired) electrons. The highest BCUT2D eigenvalue weighted by Gasteiger charge is 2.53. The molecule has 0 atom stereocenters. The molecular weight excluding hydrogens is 249 g/mol. The fourth-order valence-corrected chi connectivity index (χ4v) is 2.44. The summed E-state index contributed by atoms with van der Waals surface area (Å²) in [5, 5.41) is 10.1. The van der Waals surface area contributed by atoms with Crippen LogP contribution in [0.4, 0.5) is 4.39 Å². The molecule has 1 amide bonds. The number of carbonyl (C=O) groups excluding carboxylic acids is 1. The zero-order valence-corrected chi connectivity index (χ0v) is 10.5. The van der Waals surface area contributed by atoms with Crippen molar-refractivity contribution in [1.29, 1.82) is 0 Å². The van der Waals surface area contributed by atoms with Crippen molar-refractivity contribution in [2.24, 2.45) is 5.92 Å². The number of benzene rings is 1. The summed E-state index contributed by atoms with van der Waals surface area (Å²) >= 11 is 0. The number of amides is 1. The minimum absolute atomic E-state index is 0.0770. The van der Waals surface area contributed by atoms with Gasteiger partial charge in [-0.25, -0.2) is 4.39 Å². The zero-order chi connectivity index (χ0) is 13.5. The monoisotopic (exact) mass is 265 g/mol. The first-order valence-electron chi connectivity index (χ1n) is 6.45. The van der Waals surface area contributed by atoms with Gasteiger partial charge in [-0.05, 0) is 43.0 Å². The van der Waals surface area contributed by atoms with Crippen LogP contribution < -0.4 is 4.74 Å². The van der Waals surface area contributed by atoms with Crippen LogP contribution in [0, 0.1) is 11.7 Å². The van der Waals surface area contributed by atoms with E-state index in [-0.39, 0.29) is 18.3 Å². The van der Waals surface area contributed by atoms with Gasteiger partial charge < -0.3 is 14.7 Å². The van der Waals surface area contributed by atoms with Gasteiger partial charge in [-0.15, -0.1) is 0 Å². The van der Waals surface area contributed by atoms with Crippen LogP contribution in [0.3, 0.4) is 0 Å². The van der Waals surface area contributed by atoms with Crippen LogP contribution in [0.2, 0.25) is 0 Å². The molecular formula is C14H16FNO3. The van der Waals surface area contributed by atoms with Crippen molar-refractivity contribution < 1.29 is 19.0 Å². The molecule has 0 spiro atoms. The number of rotatable bonds is 4. The lowest BCUT2D eigenvalue weighted by atomic mass is 9.89. The Morgan fingerprint density at radius 2 is 2.00 bits per heavy atom. The predicted molar refractivity (Wildman–Crippen MR) is 66.1 cm³/mol. The van der Waals surface area contributed by atoms with Gasteiger partial charge in [0, 0.05) is 0 Å². The average molecular weight is 265 g/mol. The Balaban J connectivity index is 1.46. The second-order valence-electron chi connectivity index (χ2n) is 5.37. The maximum Gasteiger partial charge on any atom is 0.260 e. The van der Waals surface area contributed by atoms with E-state index in [2.05, 4.69) is 0 Å². The number of carbonyl (C=O) groups is 1. The van der Waals surface area contributed by atoms with Gasteiger partial charge in [0.1, 0.15) is 17.2 Å². The number of aliphatic hydroxyl groups is 1. The lowest BCUT2D eigenvalue weighted by Gasteiger charge is -2.46. The Morgan fingerprint density at radius 3 is 2.58 bits per heavy atom. The Bertz CT molecular complexity index is 478. The predicted octanol–water partition coefficient (Wildman–Crippen LogP) is 1.19. The van der Waals surface area contributed by atoms with E-state index >= 15 is 0 Å². The second-order valence-corrected chi connectivity index (χ2v) is 5.37. The summed E-state index contributed by atoms with van der Waals surface area (Å²) in [4.78, 5) is 13.4. The Hall–Kier alpha value is -1.62. The third-order valence-electron chi connectivity index (χ3n) is 3.80. The summed E-state index contributed by atoms with van der Waals surface area (Å²) in [5.74, 6) is 0.355. The molecule has 0 aromatic heterocycles. The molecule has 1 aromatic carbocycles. The van der Waals surface area contributed by atoms with Crippen LogP contribution in [0.1, 0.15) is 12.8 Å². The number of halogens is 1. The largest absolute Gasteiger partial charge is 0.484 e. The van der Waals surface area contributed by atoms with E-state index in [1.165, 1.54) is 24.3 Å². The van der Waals surface area contributed by atoms with Crippen LogP contribution >= 0.6 is 0 Å². The molecule has 0 bridgehead atoms. The molecule has 1 saturated carbocycles. The van der Waals surface area contributed by atoms with Gasteiger partial charge in [0.15, 0.2) is 6.61 Å². The molecule has 1 aromatic rings. The van der Waals surface area contributed by atoms with Crippen molar-refractivity contribution in [2.45, 2.75) is 18.4 Å². The van der Waals surface area contributed by atoms with E-state index in [9.17, 15) is 14.3 Å². The van der Waals surface area contributed by atoms with Gasteiger partial charge in [0.05, 0.1) is 13.1 Å². The molecule has 102 valence electrons. The van der Waals surface area contributed by atoms with Gasteiger partial charge in [-0.1, -0.05) is 0 Å². The highest BCUT2D eigenvalue weighted by atomic mass is 19.1. The normalized spacial score (nSPS) is 20.8. The first-order valence-corrected chi connectivity index (χ1v) is 6.45. The summed E-state index contributed by atoms with van der Waals surface area (Å²) in [6.45, 7) is 0.735. The smallest absolute Gasteiger partial charge is 0.260 e. The molecule has 19 heavy (non-hydrogen) atoms. The highest BCUT2D eigenvalue weighted by Crippen LogP contribution is 2.44. The van der Waals surface area contributed by atoms with Crippen LogP contribution in [0.15, 0.2) is 24.3 Å². The summed E-state index contributed by atoms with van der Waals surface area (Å²) in [7, 11) is 0. The molecule has 1 saturated heterocycles. The standard InChI is InChI=1S/C14H16FNO3/c15-11-3-5-12(6-4-11)19-7-13(17)16-8-14(18,9-16)10-1-2-10/h3-6,10,18H,1-2,7-9H2. The number of hydrogen-bond donors (Lipinski definition) is 1. The Kier molecular flexibility index (Phi) is 2.93. The molecule has 1 N–H and O–H groups in total. The summed E-state index contributed by atoms with van der Waals surface area (Å²) in [5.41, 5.74) is -0.661. The fraction of sp³-hybridized carbons (Fsp3) is 0.500. The lowest BCUT2D eigenvalue weighted by Crippen LogP contribution is -2.65. The number of ether oxygens (including phenoxy) is 1. The summed E-state index contributed by atoms with van der Waals surface area (Å²) in [6, 6.07) is 5.54. The number of nitrogens with zero attached hydrogens (tertiary/aromatic N) is 1. The van der Waals surface area contributed by atoms with Crippen molar-refractivity contribution in [1.82, 2.24) is 4.90 Å². The van der Waals surface area contributed by atoms with E-state index in [0.717, 1.165) is 12.8 Å². The number of likely N-dealkylation sites (tertiary alicyclic amines) is 1. The second kappa shape index (κ2) is 4.49. The average Bonchev–Trinajstić information content (AvgIpc) is 3.18. The maximum atomic E-state index is 12.7. The molecule has 2 fully saturated rings. The lowest BCUT2D eigenvalue weighted by molar-refractivity contribution is -0.161. The maximum absolute atomic E-state index is 12.7. The van der Waals surface area contributed by atoms with Crippen molar-refractivity contribution in [3.8, 4) is 5.75 Å². The minimum Gasteiger partial charge on any atom is -0.484 e. The van der Waals surface area contributed by atoms with Crippen LogP contribution in [0.25, 0.3) is 0 Å². The van der Waals surface area contributed by atoms with Crippen molar-refractivity contribution in [2.75, 3.05) is 19.7 Å². The molecule has 5 heteroatoms.